The molecule has 0 spiro atoms. The molecule has 1 heterocycles. The number of hydrogen-bond acceptors (Lipinski definition) is 5. The Kier molecular flexibility index (Phi) is 8.83. The number of anilines is 2. The highest BCUT2D eigenvalue weighted by molar-refractivity contribution is 7.18. The SMILES string of the molecule is COc1ccc(-c2cc(NC(=O)Nc3c(C)cc(C)cc3C)c(C(=O)N[C@H](C(=O)O)C3(C)CCCCC3)s2)cc1. The number of urea groups is 1. The van der Waals surface area contributed by atoms with Crippen LogP contribution in [0.3, 0.4) is 0 Å². The second kappa shape index (κ2) is 12.1. The topological polar surface area (TPSA) is 117 Å². The van der Waals surface area contributed by atoms with Gasteiger partial charge in [0.15, 0.2) is 0 Å². The zero-order valence-electron chi connectivity index (χ0n) is 23.6. The third-order valence-corrected chi connectivity index (χ3v) is 8.87. The van der Waals surface area contributed by atoms with Crippen LogP contribution in [0.2, 0.25) is 0 Å². The number of carbonyl (C=O) groups is 3. The number of benzene rings is 2. The van der Waals surface area contributed by atoms with Gasteiger partial charge in [0.05, 0.1) is 12.8 Å². The van der Waals surface area contributed by atoms with Gasteiger partial charge in [-0.15, -0.1) is 11.3 Å². The van der Waals surface area contributed by atoms with Crippen LogP contribution < -0.4 is 20.7 Å². The number of hydrogen-bond donors (Lipinski definition) is 4. The van der Waals surface area contributed by atoms with Crippen molar-refractivity contribution in [3.8, 4) is 16.2 Å². The molecule has 1 aromatic heterocycles. The van der Waals surface area contributed by atoms with Gasteiger partial charge in [-0.1, -0.05) is 43.9 Å². The van der Waals surface area contributed by atoms with Crippen LogP contribution in [-0.2, 0) is 4.79 Å². The maximum atomic E-state index is 13.6. The summed E-state index contributed by atoms with van der Waals surface area (Å²) in [6.07, 6.45) is 4.39. The first-order valence-corrected chi connectivity index (χ1v) is 14.3. The van der Waals surface area contributed by atoms with E-state index in [4.69, 9.17) is 4.74 Å². The summed E-state index contributed by atoms with van der Waals surface area (Å²) in [6, 6.07) is 11.6. The molecule has 4 rings (SSSR count). The Morgan fingerprint density at radius 1 is 0.950 bits per heavy atom. The molecule has 0 saturated heterocycles. The van der Waals surface area contributed by atoms with Gasteiger partial charge in [0.2, 0.25) is 0 Å². The molecule has 1 saturated carbocycles. The van der Waals surface area contributed by atoms with Gasteiger partial charge in [0, 0.05) is 10.6 Å². The van der Waals surface area contributed by atoms with Gasteiger partial charge in [-0.05, 0) is 86.1 Å². The number of carboxylic acids is 1. The molecule has 1 aliphatic rings. The summed E-state index contributed by atoms with van der Waals surface area (Å²) in [5.74, 6) is -0.880. The number of carbonyl (C=O) groups excluding carboxylic acids is 2. The summed E-state index contributed by atoms with van der Waals surface area (Å²) in [5.41, 5.74) is 4.28. The van der Waals surface area contributed by atoms with Crippen molar-refractivity contribution in [2.75, 3.05) is 17.7 Å². The number of aliphatic carboxylic acids is 1. The van der Waals surface area contributed by atoms with E-state index in [1.54, 1.807) is 13.2 Å². The van der Waals surface area contributed by atoms with E-state index in [-0.39, 0.29) is 4.88 Å². The molecule has 212 valence electrons. The molecule has 9 heteroatoms. The van der Waals surface area contributed by atoms with Gasteiger partial charge >= 0.3 is 12.0 Å². The number of thiophene rings is 1. The number of rotatable bonds is 8. The van der Waals surface area contributed by atoms with Gasteiger partial charge < -0.3 is 25.8 Å². The van der Waals surface area contributed by atoms with Crippen LogP contribution in [0.25, 0.3) is 10.4 Å². The minimum Gasteiger partial charge on any atom is -0.497 e. The van der Waals surface area contributed by atoms with Gasteiger partial charge in [-0.25, -0.2) is 9.59 Å². The van der Waals surface area contributed by atoms with E-state index >= 15 is 0 Å². The summed E-state index contributed by atoms with van der Waals surface area (Å²) in [4.78, 5) is 40.1. The quantitative estimate of drug-likeness (QED) is 0.232. The van der Waals surface area contributed by atoms with Gasteiger partial charge in [0.25, 0.3) is 5.91 Å². The van der Waals surface area contributed by atoms with Gasteiger partial charge in [0.1, 0.15) is 16.7 Å². The zero-order chi connectivity index (χ0) is 29.0. The Morgan fingerprint density at radius 2 is 1.57 bits per heavy atom. The number of carboxylic acid groups (broad SMARTS) is 1. The second-order valence-electron chi connectivity index (χ2n) is 10.9. The van der Waals surface area contributed by atoms with E-state index in [0.717, 1.165) is 59.2 Å². The number of nitrogens with one attached hydrogen (secondary N) is 3. The average molecular weight is 564 g/mol. The predicted molar refractivity (Wildman–Crippen MR) is 160 cm³/mol. The lowest BCUT2D eigenvalue weighted by Crippen LogP contribution is -2.52. The lowest BCUT2D eigenvalue weighted by Gasteiger charge is -2.38. The fourth-order valence-corrected chi connectivity index (χ4v) is 6.60. The van der Waals surface area contributed by atoms with Crippen molar-refractivity contribution in [2.24, 2.45) is 5.41 Å². The first kappa shape index (κ1) is 29.1. The van der Waals surface area contributed by atoms with Crippen molar-refractivity contribution in [1.29, 1.82) is 0 Å². The van der Waals surface area contributed by atoms with E-state index in [9.17, 15) is 19.5 Å². The monoisotopic (exact) mass is 563 g/mol. The number of methoxy groups -OCH3 is 1. The highest BCUT2D eigenvalue weighted by Gasteiger charge is 2.41. The highest BCUT2D eigenvalue weighted by Crippen LogP contribution is 2.40. The summed E-state index contributed by atoms with van der Waals surface area (Å²) in [5, 5.41) is 18.6. The molecule has 4 N–H and O–H groups in total. The Morgan fingerprint density at radius 3 is 2.15 bits per heavy atom. The summed E-state index contributed by atoms with van der Waals surface area (Å²) in [7, 11) is 1.59. The van der Waals surface area contributed by atoms with E-state index < -0.39 is 29.4 Å². The Hall–Kier alpha value is -3.85. The zero-order valence-corrected chi connectivity index (χ0v) is 24.5. The Bertz CT molecular complexity index is 1380. The van der Waals surface area contributed by atoms with Crippen molar-refractivity contribution in [1.82, 2.24) is 5.32 Å². The first-order chi connectivity index (χ1) is 19.0. The molecule has 3 aromatic rings. The molecule has 2 aromatic carbocycles. The second-order valence-corrected chi connectivity index (χ2v) is 11.9. The van der Waals surface area contributed by atoms with E-state index in [1.807, 2.05) is 64.1 Å². The summed E-state index contributed by atoms with van der Waals surface area (Å²) < 4.78 is 5.26. The maximum absolute atomic E-state index is 13.6. The molecule has 3 amide bonds. The van der Waals surface area contributed by atoms with Crippen molar-refractivity contribution in [2.45, 2.75) is 65.8 Å². The lowest BCUT2D eigenvalue weighted by molar-refractivity contribution is -0.143. The van der Waals surface area contributed by atoms with Crippen molar-refractivity contribution >= 4 is 40.6 Å². The molecule has 0 radical (unpaired) electrons. The predicted octanol–water partition coefficient (Wildman–Crippen LogP) is 7.15. The average Bonchev–Trinajstić information content (AvgIpc) is 3.33. The van der Waals surface area contributed by atoms with Crippen LogP contribution in [0.1, 0.15) is 65.4 Å². The van der Waals surface area contributed by atoms with Gasteiger partial charge in [-0.2, -0.15) is 0 Å². The molecule has 0 unspecified atom stereocenters. The largest absolute Gasteiger partial charge is 0.497 e. The molecule has 0 aliphatic heterocycles. The lowest BCUT2D eigenvalue weighted by atomic mass is 9.70. The van der Waals surface area contributed by atoms with Crippen LogP contribution in [0, 0.1) is 26.2 Å². The van der Waals surface area contributed by atoms with Crippen molar-refractivity contribution < 1.29 is 24.2 Å². The minimum absolute atomic E-state index is 0.240. The Labute approximate surface area is 239 Å². The van der Waals surface area contributed by atoms with Crippen LogP contribution in [0.15, 0.2) is 42.5 Å². The normalized spacial score (nSPS) is 15.1. The van der Waals surface area contributed by atoms with Crippen LogP contribution in [0.4, 0.5) is 16.2 Å². The molecule has 1 atom stereocenters. The third kappa shape index (κ3) is 6.47. The maximum Gasteiger partial charge on any atom is 0.326 e. The molecule has 40 heavy (non-hydrogen) atoms. The molecule has 1 aliphatic carbocycles. The molecular weight excluding hydrogens is 526 g/mol. The smallest absolute Gasteiger partial charge is 0.326 e. The minimum atomic E-state index is -1.05. The first-order valence-electron chi connectivity index (χ1n) is 13.5. The van der Waals surface area contributed by atoms with Gasteiger partial charge in [-0.3, -0.25) is 4.79 Å². The fraction of sp³-hybridized carbons (Fsp3) is 0.387. The van der Waals surface area contributed by atoms with E-state index in [0.29, 0.717) is 17.1 Å². The third-order valence-electron chi connectivity index (χ3n) is 7.69. The molecule has 8 nitrogen and oxygen atoms in total. The molecule has 1 fully saturated rings. The van der Waals surface area contributed by atoms with E-state index in [1.165, 1.54) is 11.3 Å². The highest BCUT2D eigenvalue weighted by atomic mass is 32.1. The van der Waals surface area contributed by atoms with Crippen LogP contribution in [0.5, 0.6) is 5.75 Å². The molecular formula is C31H37N3O5S. The van der Waals surface area contributed by atoms with Crippen LogP contribution in [-0.4, -0.2) is 36.2 Å². The van der Waals surface area contributed by atoms with Crippen molar-refractivity contribution in [3.05, 3.63) is 64.0 Å². The van der Waals surface area contributed by atoms with Crippen molar-refractivity contribution in [3.63, 3.8) is 0 Å². The Balaban J connectivity index is 1.65. The number of aryl methyl sites for hydroxylation is 3. The number of amides is 3. The summed E-state index contributed by atoms with van der Waals surface area (Å²) in [6.45, 7) is 7.79. The van der Waals surface area contributed by atoms with Crippen LogP contribution >= 0.6 is 11.3 Å². The fourth-order valence-electron chi connectivity index (χ4n) is 5.57. The standard InChI is InChI=1S/C31H37N3O5S/c1-18-15-19(2)25(20(3)16-18)33-30(38)32-23-17-24(21-9-11-22(39-5)12-10-21)40-26(23)28(35)34-27(29(36)37)31(4)13-7-6-8-14-31/h9-12,15-17,27H,6-8,13-14H2,1-5H3,(H,34,35)(H,36,37)(H2,32,33,38)/t27-/m1/s1. The van der Waals surface area contributed by atoms with E-state index in [2.05, 4.69) is 16.0 Å². The summed E-state index contributed by atoms with van der Waals surface area (Å²) >= 11 is 1.20. The number of ether oxygens (including phenoxy) is 1. The molecule has 0 bridgehead atoms.